The number of nitrogens with zero attached hydrogens (tertiary/aromatic N) is 4. The fourth-order valence-electron chi connectivity index (χ4n) is 6.93. The van der Waals surface area contributed by atoms with Crippen LogP contribution in [0, 0.1) is 13.8 Å². The molecule has 4 unspecified atom stereocenters. The monoisotopic (exact) mass is 602 g/mol. The van der Waals surface area contributed by atoms with E-state index in [4.69, 9.17) is 0 Å². The summed E-state index contributed by atoms with van der Waals surface area (Å²) in [6, 6.07) is 8.41. The lowest BCUT2D eigenvalue weighted by Gasteiger charge is -2.41. The number of nitrogens with one attached hydrogen (secondary N) is 2. The molecule has 1 saturated heterocycles. The van der Waals surface area contributed by atoms with Crippen LogP contribution in [0.25, 0.3) is 0 Å². The third-order valence-corrected chi connectivity index (χ3v) is 9.11. The van der Waals surface area contributed by atoms with Crippen LogP contribution >= 0.6 is 0 Å². The van der Waals surface area contributed by atoms with Gasteiger partial charge in [0.1, 0.15) is 0 Å². The molecule has 2 N–H and O–H groups in total. The maximum Gasteiger partial charge on any atom is 0.0585 e. The van der Waals surface area contributed by atoms with Crippen LogP contribution in [0.5, 0.6) is 11.5 Å². The van der Waals surface area contributed by atoms with Crippen LogP contribution in [0.3, 0.4) is 0 Å². The topological polar surface area (TPSA) is 101 Å². The molecule has 2 aromatic carbocycles. The average Bonchev–Trinajstić information content (AvgIpc) is 2.92. The molecule has 0 aliphatic carbocycles. The van der Waals surface area contributed by atoms with E-state index >= 15 is 0 Å². The molecular formula is C36H54N6O2-2. The van der Waals surface area contributed by atoms with Crippen LogP contribution in [0.15, 0.2) is 34.3 Å². The highest BCUT2D eigenvalue weighted by Gasteiger charge is 2.29. The van der Waals surface area contributed by atoms with Crippen molar-refractivity contribution in [3.8, 4) is 11.5 Å². The van der Waals surface area contributed by atoms with E-state index in [0.29, 0.717) is 37.3 Å². The molecule has 8 nitrogen and oxygen atoms in total. The van der Waals surface area contributed by atoms with Gasteiger partial charge in [0.2, 0.25) is 0 Å². The van der Waals surface area contributed by atoms with Gasteiger partial charge in [-0.2, -0.15) is 0 Å². The Morgan fingerprint density at radius 2 is 1.07 bits per heavy atom. The van der Waals surface area contributed by atoms with Crippen molar-refractivity contribution in [3.05, 3.63) is 57.6 Å². The minimum Gasteiger partial charge on any atom is -0.872 e. The van der Waals surface area contributed by atoms with E-state index in [9.17, 15) is 10.2 Å². The first kappa shape index (κ1) is 34.1. The largest absolute Gasteiger partial charge is 0.872 e. The van der Waals surface area contributed by atoms with Gasteiger partial charge in [0.05, 0.1) is 13.1 Å². The molecule has 0 spiro atoms. The molecule has 44 heavy (non-hydrogen) atoms. The Morgan fingerprint density at radius 1 is 0.682 bits per heavy atom. The number of rotatable bonds is 0. The van der Waals surface area contributed by atoms with Gasteiger partial charge in [-0.3, -0.25) is 19.8 Å². The molecule has 0 amide bonds. The Hall–Kier alpha value is -2.78. The number of benzene rings is 2. The molecular weight excluding hydrogens is 548 g/mol. The van der Waals surface area contributed by atoms with E-state index in [-0.39, 0.29) is 34.7 Å². The van der Waals surface area contributed by atoms with E-state index in [2.05, 4.69) is 72.0 Å². The van der Waals surface area contributed by atoms with Crippen LogP contribution < -0.4 is 20.8 Å². The predicted molar refractivity (Wildman–Crippen MR) is 179 cm³/mol. The minimum absolute atomic E-state index is 0.0412. The Morgan fingerprint density at radius 3 is 1.45 bits per heavy atom. The lowest BCUT2D eigenvalue weighted by atomic mass is 9.93. The fourth-order valence-corrected chi connectivity index (χ4v) is 6.93. The van der Waals surface area contributed by atoms with Crippen molar-refractivity contribution in [2.24, 2.45) is 9.98 Å². The van der Waals surface area contributed by atoms with Crippen molar-refractivity contribution < 1.29 is 10.2 Å². The Balaban J connectivity index is 1.79. The summed E-state index contributed by atoms with van der Waals surface area (Å²) in [5, 5.41) is 34.9. The molecule has 1 fully saturated rings. The standard InChI is InChI=1S/C36H56N6O2/c1-25-15-29-21-37-9-10-38-22-30-16-26(2)18-32(34(30)44)24-42-14-12-40-35(5,6)19-27(3)41(23-31(17-25)33(29)43)13-11-39-36(7,8)20-28(42)4/h15-18,21-22,27-28,39-40,43-44H,9-14,19-20,23-24H2,1-8H3/p-2. The van der Waals surface area contributed by atoms with Gasteiger partial charge in [0.25, 0.3) is 0 Å². The van der Waals surface area contributed by atoms with Crippen LogP contribution in [0.4, 0.5) is 0 Å². The number of aliphatic imine (C=N–C) groups is 2. The maximum absolute atomic E-state index is 13.6. The van der Waals surface area contributed by atoms with Crippen molar-refractivity contribution in [1.29, 1.82) is 0 Å². The Kier molecular flexibility index (Phi) is 11.3. The molecule has 3 aliphatic rings. The third-order valence-electron chi connectivity index (χ3n) is 9.11. The minimum atomic E-state index is -0.109. The normalized spacial score (nSPS) is 26.8. The molecule has 3 aliphatic heterocycles. The second kappa shape index (κ2) is 14.5. The summed E-state index contributed by atoms with van der Waals surface area (Å²) in [6.45, 7) is 23.1. The van der Waals surface area contributed by atoms with E-state index in [0.717, 1.165) is 61.3 Å². The Bertz CT molecular complexity index is 1230. The number of fused-ring (bicyclic) bond motifs is 13. The zero-order valence-electron chi connectivity index (χ0n) is 28.3. The van der Waals surface area contributed by atoms with Gasteiger partial charge in [0.15, 0.2) is 0 Å². The van der Waals surface area contributed by atoms with E-state index < -0.39 is 0 Å². The van der Waals surface area contributed by atoms with Crippen molar-refractivity contribution in [3.63, 3.8) is 0 Å². The summed E-state index contributed by atoms with van der Waals surface area (Å²) in [5.41, 5.74) is 4.75. The SMILES string of the molecule is Cc1cc2c([O-])c(c1)CN1CCNC(C)(C)CC(C)N(CCNC(C)(C)CC1C)Cc1cc(C)cc(c1[O-])C=NCCN=C2. The maximum atomic E-state index is 13.6. The molecule has 3 heterocycles. The molecule has 8 heteroatoms. The van der Waals surface area contributed by atoms with Gasteiger partial charge >= 0.3 is 0 Å². The summed E-state index contributed by atoms with van der Waals surface area (Å²) in [5.74, 6) is 0.0824. The summed E-state index contributed by atoms with van der Waals surface area (Å²) >= 11 is 0. The summed E-state index contributed by atoms with van der Waals surface area (Å²) in [6.07, 6.45) is 5.25. The van der Waals surface area contributed by atoms with Gasteiger partial charge in [-0.05, 0) is 90.5 Å². The predicted octanol–water partition coefficient (Wildman–Crippen LogP) is 3.91. The van der Waals surface area contributed by atoms with Gasteiger partial charge in [-0.15, -0.1) is 0 Å². The lowest BCUT2D eigenvalue weighted by molar-refractivity contribution is -0.270. The Labute approximate surface area is 265 Å². The van der Waals surface area contributed by atoms with E-state index in [1.54, 1.807) is 12.4 Å². The van der Waals surface area contributed by atoms with Gasteiger partial charge < -0.3 is 20.8 Å². The summed E-state index contributed by atoms with van der Waals surface area (Å²) in [4.78, 5) is 14.0. The second-order valence-electron chi connectivity index (χ2n) is 14.4. The van der Waals surface area contributed by atoms with Crippen LogP contribution in [-0.2, 0) is 13.1 Å². The first-order chi connectivity index (χ1) is 20.7. The van der Waals surface area contributed by atoms with Gasteiger partial charge in [-0.25, -0.2) is 0 Å². The van der Waals surface area contributed by atoms with Gasteiger partial charge in [0, 0.05) is 74.9 Å². The van der Waals surface area contributed by atoms with Crippen molar-refractivity contribution in [1.82, 2.24) is 20.4 Å². The number of aryl methyl sites for hydroxylation is 2. The van der Waals surface area contributed by atoms with Crippen molar-refractivity contribution in [2.75, 3.05) is 39.3 Å². The second-order valence-corrected chi connectivity index (χ2v) is 14.4. The summed E-state index contributed by atoms with van der Waals surface area (Å²) in [7, 11) is 0. The summed E-state index contributed by atoms with van der Waals surface area (Å²) < 4.78 is 0. The molecule has 0 saturated carbocycles. The quantitative estimate of drug-likeness (QED) is 0.474. The van der Waals surface area contributed by atoms with Crippen LogP contribution in [0.1, 0.15) is 87.8 Å². The van der Waals surface area contributed by atoms with E-state index in [1.807, 2.05) is 38.1 Å². The van der Waals surface area contributed by atoms with Crippen LogP contribution in [-0.4, -0.2) is 84.7 Å². The van der Waals surface area contributed by atoms with Crippen molar-refractivity contribution >= 4 is 12.4 Å². The fraction of sp³-hybridized carbons (Fsp3) is 0.611. The first-order valence-electron chi connectivity index (χ1n) is 16.3. The highest BCUT2D eigenvalue weighted by atomic mass is 16.3. The van der Waals surface area contributed by atoms with Gasteiger partial charge in [-0.1, -0.05) is 46.9 Å². The van der Waals surface area contributed by atoms with Crippen molar-refractivity contribution in [2.45, 2.75) is 104 Å². The highest BCUT2D eigenvalue weighted by molar-refractivity contribution is 5.85. The van der Waals surface area contributed by atoms with Crippen LogP contribution in [0.2, 0.25) is 0 Å². The number of hydrogen-bond acceptors (Lipinski definition) is 8. The number of hydrogen-bond donors (Lipinski definition) is 2. The smallest absolute Gasteiger partial charge is 0.0585 e. The molecule has 6 bridgehead atoms. The zero-order chi connectivity index (χ0) is 32.1. The molecule has 2 aromatic rings. The first-order valence-corrected chi connectivity index (χ1v) is 16.3. The third kappa shape index (κ3) is 9.36. The molecule has 0 aromatic heterocycles. The highest BCUT2D eigenvalue weighted by Crippen LogP contribution is 2.27. The molecule has 4 atom stereocenters. The lowest BCUT2D eigenvalue weighted by Crippen LogP contribution is -2.53. The van der Waals surface area contributed by atoms with E-state index in [1.165, 1.54) is 0 Å². The molecule has 5 rings (SSSR count). The average molecular weight is 603 g/mol. The molecule has 242 valence electrons. The molecule has 0 radical (unpaired) electrons. The zero-order valence-corrected chi connectivity index (χ0v) is 28.3.